The van der Waals surface area contributed by atoms with Crippen LogP contribution in [0.25, 0.3) is 0 Å². The third-order valence-electron chi connectivity index (χ3n) is 2.71. The molecule has 0 fully saturated rings. The number of benzene rings is 1. The van der Waals surface area contributed by atoms with Crippen LogP contribution in [0.1, 0.15) is 16.3 Å². The Bertz CT molecular complexity index is 618. The van der Waals surface area contributed by atoms with Gasteiger partial charge in [-0.1, -0.05) is 0 Å². The zero-order chi connectivity index (χ0) is 14.5. The molecular formula is C14H15NO4S. The second kappa shape index (κ2) is 6.38. The molecule has 0 spiro atoms. The molecule has 1 heterocycles. The van der Waals surface area contributed by atoms with E-state index in [2.05, 4.69) is 5.32 Å². The molecule has 2 rings (SSSR count). The second-order valence-corrected chi connectivity index (χ2v) is 5.46. The van der Waals surface area contributed by atoms with Crippen molar-refractivity contribution in [1.29, 1.82) is 0 Å². The molecule has 6 heteroatoms. The maximum absolute atomic E-state index is 12.2. The van der Waals surface area contributed by atoms with E-state index in [1.54, 1.807) is 43.5 Å². The third kappa shape index (κ3) is 3.27. The summed E-state index contributed by atoms with van der Waals surface area (Å²) in [5.74, 6) is 1.37. The van der Waals surface area contributed by atoms with Crippen molar-refractivity contribution in [2.24, 2.45) is 0 Å². The highest BCUT2D eigenvalue weighted by Crippen LogP contribution is 2.18. The van der Waals surface area contributed by atoms with Gasteiger partial charge in [0.2, 0.25) is 0 Å². The van der Waals surface area contributed by atoms with Crippen molar-refractivity contribution in [3.05, 3.63) is 47.9 Å². The van der Waals surface area contributed by atoms with E-state index in [1.807, 2.05) is 0 Å². The van der Waals surface area contributed by atoms with Crippen LogP contribution >= 0.6 is 0 Å². The SMILES string of the molecule is CNC(=O)c1ccc(C[S@@](=O)c2ccc(OC)cc2)o1. The minimum absolute atomic E-state index is 0.217. The monoisotopic (exact) mass is 293 g/mol. The number of hydrogen-bond acceptors (Lipinski definition) is 4. The molecule has 0 radical (unpaired) electrons. The molecule has 0 aliphatic heterocycles. The largest absolute Gasteiger partial charge is 0.497 e. The highest BCUT2D eigenvalue weighted by atomic mass is 32.2. The molecule has 20 heavy (non-hydrogen) atoms. The first kappa shape index (κ1) is 14.3. The summed E-state index contributed by atoms with van der Waals surface area (Å²) in [6.45, 7) is 0. The maximum Gasteiger partial charge on any atom is 0.286 e. The van der Waals surface area contributed by atoms with Gasteiger partial charge in [0.15, 0.2) is 5.76 Å². The number of nitrogens with one attached hydrogen (secondary N) is 1. The van der Waals surface area contributed by atoms with Gasteiger partial charge in [0.05, 0.1) is 23.7 Å². The van der Waals surface area contributed by atoms with Gasteiger partial charge in [0, 0.05) is 11.9 Å². The van der Waals surface area contributed by atoms with Crippen LogP contribution in [0.2, 0.25) is 0 Å². The molecule has 0 aliphatic carbocycles. The minimum atomic E-state index is -1.23. The Morgan fingerprint density at radius 1 is 1.25 bits per heavy atom. The van der Waals surface area contributed by atoms with Crippen molar-refractivity contribution in [2.75, 3.05) is 14.2 Å². The number of hydrogen-bond donors (Lipinski definition) is 1. The Morgan fingerprint density at radius 3 is 2.55 bits per heavy atom. The van der Waals surface area contributed by atoms with Crippen molar-refractivity contribution >= 4 is 16.7 Å². The first-order chi connectivity index (χ1) is 9.63. The number of ether oxygens (including phenoxy) is 1. The molecule has 106 valence electrons. The summed E-state index contributed by atoms with van der Waals surface area (Å²) in [6, 6.07) is 10.2. The van der Waals surface area contributed by atoms with Crippen LogP contribution in [0, 0.1) is 0 Å². The molecule has 5 nitrogen and oxygen atoms in total. The van der Waals surface area contributed by atoms with Crippen LogP contribution in [-0.2, 0) is 16.6 Å². The van der Waals surface area contributed by atoms with Gasteiger partial charge in [-0.15, -0.1) is 0 Å². The number of amides is 1. The summed E-state index contributed by atoms with van der Waals surface area (Å²) in [7, 11) is 1.88. The molecule has 1 amide bonds. The normalized spacial score (nSPS) is 11.9. The van der Waals surface area contributed by atoms with Gasteiger partial charge < -0.3 is 14.5 Å². The smallest absolute Gasteiger partial charge is 0.286 e. The molecular weight excluding hydrogens is 278 g/mol. The fourth-order valence-electron chi connectivity index (χ4n) is 1.64. The number of rotatable bonds is 5. The predicted molar refractivity (Wildman–Crippen MR) is 75.2 cm³/mol. The van der Waals surface area contributed by atoms with E-state index in [-0.39, 0.29) is 17.4 Å². The summed E-state index contributed by atoms with van der Waals surface area (Å²) in [6.07, 6.45) is 0. The van der Waals surface area contributed by atoms with E-state index >= 15 is 0 Å². The van der Waals surface area contributed by atoms with Gasteiger partial charge in [-0.3, -0.25) is 9.00 Å². The standard InChI is InChI=1S/C14H15NO4S/c1-15-14(16)13-8-5-11(19-13)9-20(17)12-6-3-10(18-2)4-7-12/h3-8H,9H2,1-2H3,(H,15,16)/t20-/m1/s1. The molecule has 0 bridgehead atoms. The van der Waals surface area contributed by atoms with Gasteiger partial charge in [0.25, 0.3) is 5.91 Å². The summed E-state index contributed by atoms with van der Waals surface area (Å²) >= 11 is 0. The Balaban J connectivity index is 2.07. The van der Waals surface area contributed by atoms with E-state index < -0.39 is 10.8 Å². The lowest BCUT2D eigenvalue weighted by atomic mass is 10.3. The first-order valence-corrected chi connectivity index (χ1v) is 7.29. The lowest BCUT2D eigenvalue weighted by Gasteiger charge is -2.02. The van der Waals surface area contributed by atoms with Crippen molar-refractivity contribution < 1.29 is 18.2 Å². The molecule has 1 aromatic heterocycles. The summed E-state index contributed by atoms with van der Waals surface area (Å²) < 4.78 is 22.6. The molecule has 1 N–H and O–H groups in total. The molecule has 1 atom stereocenters. The van der Waals surface area contributed by atoms with Crippen LogP contribution in [0.15, 0.2) is 45.7 Å². The van der Waals surface area contributed by atoms with Gasteiger partial charge >= 0.3 is 0 Å². The van der Waals surface area contributed by atoms with E-state index in [0.717, 1.165) is 0 Å². The zero-order valence-corrected chi connectivity index (χ0v) is 12.0. The van der Waals surface area contributed by atoms with E-state index in [4.69, 9.17) is 9.15 Å². The summed E-state index contributed by atoms with van der Waals surface area (Å²) in [4.78, 5) is 12.0. The number of carbonyl (C=O) groups excluding carboxylic acids is 1. The summed E-state index contributed by atoms with van der Waals surface area (Å²) in [5.41, 5.74) is 0. The Hall–Kier alpha value is -2.08. The fraction of sp³-hybridized carbons (Fsp3) is 0.214. The lowest BCUT2D eigenvalue weighted by Crippen LogP contribution is -2.16. The molecule has 2 aromatic rings. The lowest BCUT2D eigenvalue weighted by molar-refractivity contribution is 0.0934. The highest BCUT2D eigenvalue weighted by molar-refractivity contribution is 7.84. The predicted octanol–water partition coefficient (Wildman–Crippen LogP) is 1.96. The Labute approximate surface area is 119 Å². The van der Waals surface area contributed by atoms with Crippen molar-refractivity contribution in [2.45, 2.75) is 10.6 Å². The Kier molecular flexibility index (Phi) is 4.57. The van der Waals surface area contributed by atoms with Crippen LogP contribution < -0.4 is 10.1 Å². The number of carbonyl (C=O) groups is 1. The van der Waals surface area contributed by atoms with E-state index in [9.17, 15) is 9.00 Å². The van der Waals surface area contributed by atoms with Crippen LogP contribution in [0.4, 0.5) is 0 Å². The molecule has 0 unspecified atom stereocenters. The molecule has 1 aromatic carbocycles. The van der Waals surface area contributed by atoms with Crippen LogP contribution in [0.5, 0.6) is 5.75 Å². The van der Waals surface area contributed by atoms with Gasteiger partial charge in [-0.25, -0.2) is 0 Å². The van der Waals surface area contributed by atoms with Crippen molar-refractivity contribution in [1.82, 2.24) is 5.32 Å². The van der Waals surface area contributed by atoms with E-state index in [0.29, 0.717) is 16.4 Å². The van der Waals surface area contributed by atoms with Crippen molar-refractivity contribution in [3.63, 3.8) is 0 Å². The van der Waals surface area contributed by atoms with Crippen LogP contribution in [-0.4, -0.2) is 24.3 Å². The van der Waals surface area contributed by atoms with Crippen LogP contribution in [0.3, 0.4) is 0 Å². The van der Waals surface area contributed by atoms with Crippen molar-refractivity contribution in [3.8, 4) is 5.75 Å². The number of methoxy groups -OCH3 is 1. The van der Waals surface area contributed by atoms with Gasteiger partial charge in [-0.05, 0) is 36.4 Å². The minimum Gasteiger partial charge on any atom is -0.497 e. The second-order valence-electron chi connectivity index (χ2n) is 4.01. The fourth-order valence-corrected chi connectivity index (χ4v) is 2.66. The number of furan rings is 1. The average Bonchev–Trinajstić information content (AvgIpc) is 2.95. The van der Waals surface area contributed by atoms with Gasteiger partial charge in [-0.2, -0.15) is 0 Å². The molecule has 0 saturated heterocycles. The zero-order valence-electron chi connectivity index (χ0n) is 11.2. The Morgan fingerprint density at radius 2 is 1.95 bits per heavy atom. The molecule has 0 saturated carbocycles. The van der Waals surface area contributed by atoms with E-state index in [1.165, 1.54) is 7.05 Å². The topological polar surface area (TPSA) is 68.5 Å². The maximum atomic E-state index is 12.2. The summed E-state index contributed by atoms with van der Waals surface area (Å²) in [5, 5.41) is 2.47. The highest BCUT2D eigenvalue weighted by Gasteiger charge is 2.12. The average molecular weight is 293 g/mol. The first-order valence-electron chi connectivity index (χ1n) is 5.97. The quantitative estimate of drug-likeness (QED) is 0.915. The molecule has 0 aliphatic rings. The third-order valence-corrected chi connectivity index (χ3v) is 4.05. The van der Waals surface area contributed by atoms with Gasteiger partial charge in [0.1, 0.15) is 11.5 Å².